The molecule has 2 rings (SSSR count). The minimum Gasteiger partial charge on any atom is -0.409 e. The number of nitrogens with zero attached hydrogens (tertiary/aromatic N) is 2. The van der Waals surface area contributed by atoms with E-state index in [4.69, 9.17) is 10.9 Å². The Morgan fingerprint density at radius 3 is 3.00 bits per heavy atom. The summed E-state index contributed by atoms with van der Waals surface area (Å²) in [6, 6.07) is 5.82. The number of rotatable bonds is 2. The second-order valence-corrected chi connectivity index (χ2v) is 6.24. The molecule has 0 spiro atoms. The van der Waals surface area contributed by atoms with E-state index >= 15 is 0 Å². The largest absolute Gasteiger partial charge is 0.409 e. The Morgan fingerprint density at radius 2 is 2.22 bits per heavy atom. The zero-order valence-corrected chi connectivity index (χ0v) is 12.4. The molecule has 98 valence electrons. The normalized spacial score (nSPS) is 17.6. The number of amidine groups is 1. The van der Waals surface area contributed by atoms with E-state index in [-0.39, 0.29) is 5.84 Å². The van der Waals surface area contributed by atoms with Gasteiger partial charge in [-0.1, -0.05) is 21.1 Å². The van der Waals surface area contributed by atoms with E-state index in [0.717, 1.165) is 41.0 Å². The molecule has 1 fully saturated rings. The van der Waals surface area contributed by atoms with Gasteiger partial charge < -0.3 is 15.8 Å². The Balaban J connectivity index is 2.37. The topological polar surface area (TPSA) is 61.9 Å². The molecule has 1 heterocycles. The highest BCUT2D eigenvalue weighted by Gasteiger charge is 2.16. The molecule has 0 saturated carbocycles. The summed E-state index contributed by atoms with van der Waals surface area (Å²) in [6.07, 6.45) is 1.16. The second kappa shape index (κ2) is 6.33. The summed E-state index contributed by atoms with van der Waals surface area (Å²) in [5, 5.41) is 12.0. The van der Waals surface area contributed by atoms with Crippen LogP contribution in [-0.2, 0) is 0 Å². The van der Waals surface area contributed by atoms with E-state index in [1.165, 1.54) is 5.75 Å². The maximum atomic E-state index is 8.86. The van der Waals surface area contributed by atoms with Gasteiger partial charge in [0.15, 0.2) is 5.84 Å². The predicted molar refractivity (Wildman–Crippen MR) is 80.8 cm³/mol. The molecule has 1 aliphatic heterocycles. The minimum absolute atomic E-state index is 0.161. The lowest BCUT2D eigenvalue weighted by atomic mass is 10.1. The lowest BCUT2D eigenvalue weighted by Crippen LogP contribution is -2.28. The molecular weight excluding hydrogens is 314 g/mol. The van der Waals surface area contributed by atoms with E-state index in [0.29, 0.717) is 0 Å². The molecule has 0 amide bonds. The first-order chi connectivity index (χ1) is 8.72. The summed E-state index contributed by atoms with van der Waals surface area (Å²) in [7, 11) is 0. The standard InChI is InChI=1S/C12H16BrN3OS/c13-9-2-3-10(12(14)15-17)11(8-9)16-4-1-6-18-7-5-16/h2-3,8,17H,1,4-7H2,(H2,14,15). The molecule has 1 aromatic rings. The van der Waals surface area contributed by atoms with E-state index in [2.05, 4.69) is 26.0 Å². The van der Waals surface area contributed by atoms with E-state index in [1.54, 1.807) is 0 Å². The smallest absolute Gasteiger partial charge is 0.172 e. The zero-order chi connectivity index (χ0) is 13.0. The van der Waals surface area contributed by atoms with Crippen LogP contribution in [0.4, 0.5) is 5.69 Å². The Morgan fingerprint density at radius 1 is 1.39 bits per heavy atom. The third kappa shape index (κ3) is 3.11. The molecule has 1 aliphatic rings. The van der Waals surface area contributed by atoms with Gasteiger partial charge in [0.2, 0.25) is 0 Å². The number of oxime groups is 1. The van der Waals surface area contributed by atoms with Crippen molar-refractivity contribution in [3.8, 4) is 0 Å². The molecule has 0 atom stereocenters. The fraction of sp³-hybridized carbons (Fsp3) is 0.417. The first-order valence-corrected chi connectivity index (χ1v) is 7.77. The van der Waals surface area contributed by atoms with Crippen LogP contribution in [0.1, 0.15) is 12.0 Å². The fourth-order valence-electron chi connectivity index (χ4n) is 2.02. The average molecular weight is 330 g/mol. The first kappa shape index (κ1) is 13.5. The van der Waals surface area contributed by atoms with Crippen molar-refractivity contribution in [1.29, 1.82) is 0 Å². The number of hydrogen-bond acceptors (Lipinski definition) is 4. The van der Waals surface area contributed by atoms with Gasteiger partial charge in [-0.2, -0.15) is 11.8 Å². The summed E-state index contributed by atoms with van der Waals surface area (Å²) in [5.74, 6) is 2.47. The van der Waals surface area contributed by atoms with E-state index < -0.39 is 0 Å². The van der Waals surface area contributed by atoms with Gasteiger partial charge in [-0.05, 0) is 30.4 Å². The first-order valence-electron chi connectivity index (χ1n) is 5.82. The maximum Gasteiger partial charge on any atom is 0.172 e. The van der Waals surface area contributed by atoms with Crippen LogP contribution < -0.4 is 10.6 Å². The Hall–Kier alpha value is -0.880. The van der Waals surface area contributed by atoms with Gasteiger partial charge in [0.05, 0.1) is 0 Å². The highest BCUT2D eigenvalue weighted by molar-refractivity contribution is 9.10. The quantitative estimate of drug-likeness (QED) is 0.379. The van der Waals surface area contributed by atoms with E-state index in [1.807, 2.05) is 30.0 Å². The summed E-state index contributed by atoms with van der Waals surface area (Å²) >= 11 is 5.45. The fourth-order valence-corrected chi connectivity index (χ4v) is 3.26. The Kier molecular flexibility index (Phi) is 4.77. The van der Waals surface area contributed by atoms with Gasteiger partial charge in [0.25, 0.3) is 0 Å². The van der Waals surface area contributed by atoms with Gasteiger partial charge in [-0.15, -0.1) is 0 Å². The SMILES string of the molecule is N/C(=N/O)c1ccc(Br)cc1N1CCCSCC1. The average Bonchev–Trinajstić information content (AvgIpc) is 2.66. The van der Waals surface area contributed by atoms with Crippen LogP contribution in [0.15, 0.2) is 27.8 Å². The van der Waals surface area contributed by atoms with Crippen LogP contribution in [0.3, 0.4) is 0 Å². The number of thioether (sulfide) groups is 1. The van der Waals surface area contributed by atoms with Gasteiger partial charge in [0.1, 0.15) is 0 Å². The van der Waals surface area contributed by atoms with Crippen LogP contribution in [0.25, 0.3) is 0 Å². The van der Waals surface area contributed by atoms with Crippen LogP contribution >= 0.6 is 27.7 Å². The number of nitrogens with two attached hydrogens (primary N) is 1. The molecule has 1 saturated heterocycles. The summed E-state index contributed by atoms with van der Waals surface area (Å²) < 4.78 is 1.00. The second-order valence-electron chi connectivity index (χ2n) is 4.10. The summed E-state index contributed by atoms with van der Waals surface area (Å²) in [6.45, 7) is 2.00. The predicted octanol–water partition coefficient (Wildman–Crippen LogP) is 2.49. The third-order valence-electron chi connectivity index (χ3n) is 2.91. The monoisotopic (exact) mass is 329 g/mol. The minimum atomic E-state index is 0.161. The number of benzene rings is 1. The van der Waals surface area contributed by atoms with Gasteiger partial charge in [0, 0.05) is 34.6 Å². The molecule has 0 unspecified atom stereocenters. The van der Waals surface area contributed by atoms with Crippen molar-refractivity contribution in [1.82, 2.24) is 0 Å². The van der Waals surface area contributed by atoms with Crippen molar-refractivity contribution in [3.63, 3.8) is 0 Å². The highest BCUT2D eigenvalue weighted by atomic mass is 79.9. The molecule has 3 N–H and O–H groups in total. The summed E-state index contributed by atoms with van der Waals surface area (Å²) in [5.41, 5.74) is 7.56. The third-order valence-corrected chi connectivity index (χ3v) is 4.45. The molecule has 0 aliphatic carbocycles. The molecule has 0 radical (unpaired) electrons. The van der Waals surface area contributed by atoms with Crippen LogP contribution in [-0.4, -0.2) is 35.6 Å². The van der Waals surface area contributed by atoms with E-state index in [9.17, 15) is 0 Å². The van der Waals surface area contributed by atoms with Crippen molar-refractivity contribution in [3.05, 3.63) is 28.2 Å². The van der Waals surface area contributed by atoms with Crippen molar-refractivity contribution >= 4 is 39.2 Å². The number of halogens is 1. The zero-order valence-electron chi connectivity index (χ0n) is 9.97. The number of hydrogen-bond donors (Lipinski definition) is 2. The molecule has 1 aromatic carbocycles. The molecule has 0 aromatic heterocycles. The van der Waals surface area contributed by atoms with Gasteiger partial charge >= 0.3 is 0 Å². The lowest BCUT2D eigenvalue weighted by molar-refractivity contribution is 0.318. The molecule has 18 heavy (non-hydrogen) atoms. The molecular formula is C12H16BrN3OS. The Bertz CT molecular complexity index is 445. The Labute approximate surface area is 119 Å². The van der Waals surface area contributed by atoms with Crippen molar-refractivity contribution in [2.24, 2.45) is 10.9 Å². The van der Waals surface area contributed by atoms with Crippen molar-refractivity contribution in [2.45, 2.75) is 6.42 Å². The number of anilines is 1. The van der Waals surface area contributed by atoms with Gasteiger partial charge in [-0.3, -0.25) is 0 Å². The van der Waals surface area contributed by atoms with Crippen LogP contribution in [0, 0.1) is 0 Å². The van der Waals surface area contributed by atoms with Crippen molar-refractivity contribution in [2.75, 3.05) is 29.5 Å². The molecule has 4 nitrogen and oxygen atoms in total. The summed E-state index contributed by atoms with van der Waals surface area (Å²) in [4.78, 5) is 2.30. The maximum absolute atomic E-state index is 8.86. The highest BCUT2D eigenvalue weighted by Crippen LogP contribution is 2.27. The molecule has 0 bridgehead atoms. The van der Waals surface area contributed by atoms with Crippen molar-refractivity contribution < 1.29 is 5.21 Å². The van der Waals surface area contributed by atoms with Crippen LogP contribution in [0.5, 0.6) is 0 Å². The molecule has 6 heteroatoms. The lowest BCUT2D eigenvalue weighted by Gasteiger charge is -2.25. The van der Waals surface area contributed by atoms with Gasteiger partial charge in [-0.25, -0.2) is 0 Å². The van der Waals surface area contributed by atoms with Crippen LogP contribution in [0.2, 0.25) is 0 Å².